The van der Waals surface area contributed by atoms with Crippen molar-refractivity contribution in [3.63, 3.8) is 0 Å². The van der Waals surface area contributed by atoms with Crippen LogP contribution in [-0.4, -0.2) is 15.9 Å². The molecule has 1 unspecified atom stereocenters. The first-order valence-corrected chi connectivity index (χ1v) is 10.9. The minimum absolute atomic E-state index is 0.0630. The van der Waals surface area contributed by atoms with Crippen molar-refractivity contribution < 1.29 is 9.18 Å². The van der Waals surface area contributed by atoms with E-state index in [4.69, 9.17) is 4.98 Å². The van der Waals surface area contributed by atoms with E-state index >= 15 is 0 Å². The summed E-state index contributed by atoms with van der Waals surface area (Å²) in [5.41, 5.74) is 3.44. The lowest BCUT2D eigenvalue weighted by atomic mass is 10.1. The van der Waals surface area contributed by atoms with Gasteiger partial charge in [-0.25, -0.2) is 14.4 Å². The van der Waals surface area contributed by atoms with Gasteiger partial charge >= 0.3 is 0 Å². The number of hydrogen-bond donors (Lipinski definition) is 1. The van der Waals surface area contributed by atoms with E-state index in [-0.39, 0.29) is 17.0 Å². The average molecular weight is 420 g/mol. The zero-order valence-corrected chi connectivity index (χ0v) is 17.2. The third-order valence-corrected chi connectivity index (χ3v) is 6.00. The average Bonchev–Trinajstić information content (AvgIpc) is 3.30. The lowest BCUT2D eigenvalue weighted by Crippen LogP contribution is -2.16. The molecule has 0 saturated heterocycles. The van der Waals surface area contributed by atoms with Crippen LogP contribution in [0.15, 0.2) is 72.3 Å². The number of thioether (sulfide) groups is 1. The minimum Gasteiger partial charge on any atom is -0.309 e. The molecule has 1 aromatic heterocycles. The first-order chi connectivity index (χ1) is 14.7. The van der Waals surface area contributed by atoms with Crippen LogP contribution in [0.4, 0.5) is 10.2 Å². The summed E-state index contributed by atoms with van der Waals surface area (Å²) in [5, 5.41) is 5.10. The molecule has 3 aromatic rings. The van der Waals surface area contributed by atoms with Crippen molar-refractivity contribution in [3.8, 4) is 11.3 Å². The molecule has 2 aromatic carbocycles. The van der Waals surface area contributed by atoms with Crippen molar-refractivity contribution in [2.75, 3.05) is 5.32 Å². The fourth-order valence-corrected chi connectivity index (χ4v) is 4.26. The van der Waals surface area contributed by atoms with E-state index in [2.05, 4.69) is 28.5 Å². The number of benzene rings is 2. The van der Waals surface area contributed by atoms with Gasteiger partial charge in [0.15, 0.2) is 5.82 Å². The van der Waals surface area contributed by atoms with E-state index in [0.29, 0.717) is 17.9 Å². The number of allylic oxidation sites excluding steroid dienone is 1. The monoisotopic (exact) mass is 419 g/mol. The highest BCUT2D eigenvalue weighted by atomic mass is 32.2. The van der Waals surface area contributed by atoms with Gasteiger partial charge in [0, 0.05) is 12.0 Å². The molecule has 0 radical (unpaired) electrons. The molecular formula is C24H22FN3OS. The van der Waals surface area contributed by atoms with Gasteiger partial charge in [0.1, 0.15) is 5.82 Å². The third-order valence-electron chi connectivity index (χ3n) is 4.90. The van der Waals surface area contributed by atoms with Gasteiger partial charge in [-0.15, -0.1) is 11.8 Å². The van der Waals surface area contributed by atoms with E-state index in [1.807, 2.05) is 23.6 Å². The standard InChI is InChI=1S/C24H22FN3OS/c25-19-13-11-18(12-14-19)20-16-26-24(23(27-20)21-9-5-15-30-21)28-22(29)10-4-8-17-6-2-1-3-7-17/h1-3,5-7,11-16,21H,4,8-10H2,(H,26,28,29). The van der Waals surface area contributed by atoms with Crippen LogP contribution in [0.1, 0.15) is 35.8 Å². The second-order valence-electron chi connectivity index (χ2n) is 7.12. The van der Waals surface area contributed by atoms with Crippen molar-refractivity contribution in [2.24, 2.45) is 0 Å². The number of nitrogens with one attached hydrogen (secondary N) is 1. The zero-order chi connectivity index (χ0) is 20.8. The van der Waals surface area contributed by atoms with Gasteiger partial charge < -0.3 is 5.32 Å². The summed E-state index contributed by atoms with van der Waals surface area (Å²) in [4.78, 5) is 21.8. The van der Waals surface area contributed by atoms with Crippen molar-refractivity contribution >= 4 is 23.5 Å². The molecule has 0 spiro atoms. The molecular weight excluding hydrogens is 397 g/mol. The van der Waals surface area contributed by atoms with Crippen LogP contribution in [-0.2, 0) is 11.2 Å². The summed E-state index contributed by atoms with van der Waals surface area (Å²) >= 11 is 1.66. The maximum Gasteiger partial charge on any atom is 0.225 e. The van der Waals surface area contributed by atoms with Gasteiger partial charge in [-0.2, -0.15) is 0 Å². The number of aryl methyl sites for hydroxylation is 1. The molecule has 4 nitrogen and oxygen atoms in total. The van der Waals surface area contributed by atoms with Crippen LogP contribution in [0.25, 0.3) is 11.3 Å². The smallest absolute Gasteiger partial charge is 0.225 e. The van der Waals surface area contributed by atoms with Crippen LogP contribution in [0.3, 0.4) is 0 Å². The topological polar surface area (TPSA) is 54.9 Å². The van der Waals surface area contributed by atoms with E-state index < -0.39 is 0 Å². The van der Waals surface area contributed by atoms with Gasteiger partial charge in [-0.05, 0) is 54.5 Å². The third kappa shape index (κ3) is 5.13. The highest BCUT2D eigenvalue weighted by Crippen LogP contribution is 2.40. The lowest BCUT2D eigenvalue weighted by Gasteiger charge is -2.15. The van der Waals surface area contributed by atoms with Crippen LogP contribution in [0.5, 0.6) is 0 Å². The van der Waals surface area contributed by atoms with Gasteiger partial charge in [0.2, 0.25) is 5.91 Å². The Bertz CT molecular complexity index is 1030. The van der Waals surface area contributed by atoms with Crippen LogP contribution in [0.2, 0.25) is 0 Å². The van der Waals surface area contributed by atoms with E-state index in [9.17, 15) is 9.18 Å². The Morgan fingerprint density at radius 2 is 1.93 bits per heavy atom. The molecule has 0 aliphatic carbocycles. The molecule has 1 aliphatic rings. The number of aromatic nitrogens is 2. The fourth-order valence-electron chi connectivity index (χ4n) is 3.34. The highest BCUT2D eigenvalue weighted by molar-refractivity contribution is 8.02. The second-order valence-corrected chi connectivity index (χ2v) is 8.23. The maximum atomic E-state index is 13.2. The summed E-state index contributed by atoms with van der Waals surface area (Å²) in [7, 11) is 0. The molecule has 0 bridgehead atoms. The van der Waals surface area contributed by atoms with E-state index in [1.165, 1.54) is 17.7 Å². The SMILES string of the molecule is O=C(CCCc1ccccc1)Nc1ncc(-c2ccc(F)cc2)nc1C1CC=CS1. The van der Waals surface area contributed by atoms with E-state index in [0.717, 1.165) is 30.5 Å². The summed E-state index contributed by atoms with van der Waals surface area (Å²) in [6, 6.07) is 16.3. The van der Waals surface area contributed by atoms with Gasteiger partial charge in [-0.3, -0.25) is 4.79 Å². The van der Waals surface area contributed by atoms with Crippen molar-refractivity contribution in [3.05, 3.63) is 89.4 Å². The minimum atomic E-state index is -0.290. The summed E-state index contributed by atoms with van der Waals surface area (Å²) in [6.07, 6.45) is 6.61. The quantitative estimate of drug-likeness (QED) is 0.515. The summed E-state index contributed by atoms with van der Waals surface area (Å²) in [6.45, 7) is 0. The van der Waals surface area contributed by atoms with E-state index in [1.54, 1.807) is 30.1 Å². The van der Waals surface area contributed by atoms with Crippen LogP contribution < -0.4 is 5.32 Å². The van der Waals surface area contributed by atoms with Crippen molar-refractivity contribution in [2.45, 2.75) is 30.9 Å². The Morgan fingerprint density at radius 1 is 1.13 bits per heavy atom. The number of nitrogens with zero attached hydrogens (tertiary/aromatic N) is 2. The molecule has 1 N–H and O–H groups in total. The molecule has 1 atom stereocenters. The Balaban J connectivity index is 1.47. The molecule has 1 amide bonds. The normalized spacial score (nSPS) is 15.3. The Hall–Kier alpha value is -2.99. The predicted molar refractivity (Wildman–Crippen MR) is 120 cm³/mol. The molecule has 1 aliphatic heterocycles. The fraction of sp³-hybridized carbons (Fsp3) is 0.208. The highest BCUT2D eigenvalue weighted by Gasteiger charge is 2.22. The second kappa shape index (κ2) is 9.67. The molecule has 2 heterocycles. The molecule has 0 saturated carbocycles. The molecule has 6 heteroatoms. The number of anilines is 1. The van der Waals surface area contributed by atoms with Gasteiger partial charge in [0.05, 0.1) is 22.8 Å². The van der Waals surface area contributed by atoms with Crippen molar-refractivity contribution in [1.29, 1.82) is 0 Å². The van der Waals surface area contributed by atoms with Crippen molar-refractivity contribution in [1.82, 2.24) is 9.97 Å². The number of hydrogen-bond acceptors (Lipinski definition) is 4. The molecule has 0 fully saturated rings. The molecule has 30 heavy (non-hydrogen) atoms. The zero-order valence-electron chi connectivity index (χ0n) is 16.4. The summed E-state index contributed by atoms with van der Waals surface area (Å²) in [5.74, 6) is 0.153. The Labute approximate surface area is 179 Å². The Morgan fingerprint density at radius 3 is 2.67 bits per heavy atom. The summed E-state index contributed by atoms with van der Waals surface area (Å²) < 4.78 is 13.2. The largest absolute Gasteiger partial charge is 0.309 e. The molecule has 4 rings (SSSR count). The van der Waals surface area contributed by atoms with Crippen LogP contribution in [0, 0.1) is 5.82 Å². The number of carbonyl (C=O) groups excluding carboxylic acids is 1. The number of amides is 1. The first kappa shape index (κ1) is 20.3. The predicted octanol–water partition coefficient (Wildman–Crippen LogP) is 5.94. The number of carbonyl (C=O) groups is 1. The maximum absolute atomic E-state index is 13.2. The van der Waals surface area contributed by atoms with Crippen LogP contribution >= 0.6 is 11.8 Å². The number of halogens is 1. The van der Waals surface area contributed by atoms with Gasteiger partial charge in [0.25, 0.3) is 0 Å². The Kier molecular flexibility index (Phi) is 6.54. The number of rotatable bonds is 7. The molecule has 152 valence electrons. The first-order valence-electron chi connectivity index (χ1n) is 9.96. The van der Waals surface area contributed by atoms with Gasteiger partial charge in [-0.1, -0.05) is 36.4 Å². The lowest BCUT2D eigenvalue weighted by molar-refractivity contribution is -0.116.